The Labute approximate surface area is 186 Å². The second-order valence-corrected chi connectivity index (χ2v) is 8.32. The van der Waals surface area contributed by atoms with Crippen LogP contribution < -0.4 is 10.1 Å². The summed E-state index contributed by atoms with van der Waals surface area (Å²) in [5.41, 5.74) is 2.81. The first kappa shape index (κ1) is 20.6. The van der Waals surface area contributed by atoms with Crippen molar-refractivity contribution < 1.29 is 4.74 Å². The Bertz CT molecular complexity index is 965. The zero-order valence-electron chi connectivity index (χ0n) is 13.9. The Balaban J connectivity index is 1.72. The van der Waals surface area contributed by atoms with E-state index in [1.807, 2.05) is 30.3 Å². The van der Waals surface area contributed by atoms with Crippen LogP contribution in [0.25, 0.3) is 0 Å². The third-order valence-electron chi connectivity index (χ3n) is 3.80. The van der Waals surface area contributed by atoms with E-state index in [4.69, 9.17) is 51.1 Å². The van der Waals surface area contributed by atoms with Gasteiger partial charge < -0.3 is 10.1 Å². The number of hydrogen-bond acceptors (Lipinski definition) is 2. The Hall–Kier alpha value is -1.10. The zero-order valence-corrected chi connectivity index (χ0v) is 18.5. The third-order valence-corrected chi connectivity index (χ3v) is 5.77. The van der Waals surface area contributed by atoms with Crippen LogP contribution >= 0.6 is 62.3 Å². The summed E-state index contributed by atoms with van der Waals surface area (Å²) in [4.78, 5) is 0. The number of hydrogen-bond donors (Lipinski definition) is 1. The molecule has 0 saturated carbocycles. The average molecular weight is 506 g/mol. The van der Waals surface area contributed by atoms with E-state index >= 15 is 0 Å². The molecule has 0 bridgehead atoms. The number of anilines is 1. The van der Waals surface area contributed by atoms with Gasteiger partial charge in [0.15, 0.2) is 0 Å². The SMILES string of the molecule is Clc1ccc(COc2ccc(Br)cc2CNc2ccc(Cl)c(Cl)c2)cc1Cl. The fraction of sp³-hybridized carbons (Fsp3) is 0.100. The lowest BCUT2D eigenvalue weighted by atomic mass is 10.2. The third kappa shape index (κ3) is 5.69. The topological polar surface area (TPSA) is 21.3 Å². The van der Waals surface area contributed by atoms with Crippen molar-refractivity contribution in [3.8, 4) is 5.75 Å². The first-order valence-electron chi connectivity index (χ1n) is 7.96. The van der Waals surface area contributed by atoms with Gasteiger partial charge in [0.25, 0.3) is 0 Å². The number of halogens is 5. The summed E-state index contributed by atoms with van der Waals surface area (Å²) in [6.45, 7) is 0.951. The molecule has 140 valence electrons. The highest BCUT2D eigenvalue weighted by Gasteiger charge is 2.07. The molecule has 0 aromatic heterocycles. The molecule has 7 heteroatoms. The van der Waals surface area contributed by atoms with Gasteiger partial charge >= 0.3 is 0 Å². The highest BCUT2D eigenvalue weighted by molar-refractivity contribution is 9.10. The van der Waals surface area contributed by atoms with Crippen molar-refractivity contribution >= 4 is 68.0 Å². The maximum absolute atomic E-state index is 6.07. The Kier molecular flexibility index (Phi) is 7.18. The van der Waals surface area contributed by atoms with Crippen LogP contribution in [-0.4, -0.2) is 0 Å². The normalized spacial score (nSPS) is 10.7. The molecule has 3 aromatic rings. The summed E-state index contributed by atoms with van der Waals surface area (Å²) in [6, 6.07) is 16.7. The van der Waals surface area contributed by atoms with Crippen LogP contribution in [0.5, 0.6) is 5.75 Å². The van der Waals surface area contributed by atoms with Crippen molar-refractivity contribution in [3.63, 3.8) is 0 Å². The minimum absolute atomic E-state index is 0.387. The van der Waals surface area contributed by atoms with Crippen LogP contribution in [-0.2, 0) is 13.2 Å². The van der Waals surface area contributed by atoms with E-state index in [2.05, 4.69) is 21.2 Å². The molecule has 0 amide bonds. The lowest BCUT2D eigenvalue weighted by molar-refractivity contribution is 0.303. The molecular formula is C20H14BrCl4NO. The molecule has 3 aromatic carbocycles. The van der Waals surface area contributed by atoms with Crippen molar-refractivity contribution in [2.45, 2.75) is 13.2 Å². The van der Waals surface area contributed by atoms with E-state index in [9.17, 15) is 0 Å². The zero-order chi connectivity index (χ0) is 19.4. The van der Waals surface area contributed by atoms with Crippen LogP contribution in [0.2, 0.25) is 20.1 Å². The molecule has 3 rings (SSSR count). The molecule has 0 aliphatic heterocycles. The summed E-state index contributed by atoms with van der Waals surface area (Å²) in [6.07, 6.45) is 0. The molecule has 0 heterocycles. The highest BCUT2D eigenvalue weighted by Crippen LogP contribution is 2.29. The van der Waals surface area contributed by atoms with Crippen LogP contribution in [0.1, 0.15) is 11.1 Å². The smallest absolute Gasteiger partial charge is 0.124 e. The van der Waals surface area contributed by atoms with Gasteiger partial charge in [0.1, 0.15) is 12.4 Å². The minimum atomic E-state index is 0.387. The highest BCUT2D eigenvalue weighted by atomic mass is 79.9. The van der Waals surface area contributed by atoms with Crippen molar-refractivity contribution in [2.75, 3.05) is 5.32 Å². The monoisotopic (exact) mass is 503 g/mol. The van der Waals surface area contributed by atoms with E-state index in [-0.39, 0.29) is 0 Å². The van der Waals surface area contributed by atoms with Gasteiger partial charge in [-0.15, -0.1) is 0 Å². The molecule has 0 atom stereocenters. The number of rotatable bonds is 6. The van der Waals surface area contributed by atoms with E-state index in [1.54, 1.807) is 24.3 Å². The van der Waals surface area contributed by atoms with Crippen molar-refractivity contribution in [1.82, 2.24) is 0 Å². The summed E-state index contributed by atoms with van der Waals surface area (Å²) in [5.74, 6) is 0.775. The fourth-order valence-corrected chi connectivity index (χ4v) is 3.45. The van der Waals surface area contributed by atoms with Gasteiger partial charge in [0.05, 0.1) is 20.1 Å². The maximum atomic E-state index is 6.07. The second kappa shape index (κ2) is 9.40. The first-order valence-corrected chi connectivity index (χ1v) is 10.3. The molecule has 2 nitrogen and oxygen atoms in total. The van der Waals surface area contributed by atoms with Gasteiger partial charge in [-0.2, -0.15) is 0 Å². The summed E-state index contributed by atoms with van der Waals surface area (Å²) in [7, 11) is 0. The Morgan fingerprint density at radius 2 is 1.48 bits per heavy atom. The number of nitrogens with one attached hydrogen (secondary N) is 1. The van der Waals surface area contributed by atoms with Crippen LogP contribution in [0, 0.1) is 0 Å². The van der Waals surface area contributed by atoms with Crippen molar-refractivity contribution in [3.05, 3.63) is 90.3 Å². The maximum Gasteiger partial charge on any atom is 0.124 e. The largest absolute Gasteiger partial charge is 0.489 e. The van der Waals surface area contributed by atoms with Gasteiger partial charge in [-0.05, 0) is 54.1 Å². The molecule has 0 unspecified atom stereocenters. The molecule has 0 saturated heterocycles. The second-order valence-electron chi connectivity index (χ2n) is 5.77. The van der Waals surface area contributed by atoms with Crippen LogP contribution in [0.3, 0.4) is 0 Å². The molecule has 0 aliphatic rings. The minimum Gasteiger partial charge on any atom is -0.489 e. The fourth-order valence-electron chi connectivity index (χ4n) is 2.42. The van der Waals surface area contributed by atoms with Gasteiger partial charge in [-0.3, -0.25) is 0 Å². The standard InChI is InChI=1S/C20H14BrCl4NO/c21-14-2-6-20(27-11-12-1-4-16(22)18(24)7-12)13(8-14)10-26-15-3-5-17(23)19(25)9-15/h1-9,26H,10-11H2. The molecule has 1 N–H and O–H groups in total. The van der Waals surface area contributed by atoms with Gasteiger partial charge in [0.2, 0.25) is 0 Å². The molecular weight excluding hydrogens is 492 g/mol. The Morgan fingerprint density at radius 1 is 0.778 bits per heavy atom. The molecule has 0 spiro atoms. The van der Waals surface area contributed by atoms with Crippen molar-refractivity contribution in [2.24, 2.45) is 0 Å². The molecule has 0 radical (unpaired) electrons. The predicted octanol–water partition coefficient (Wildman–Crippen LogP) is 8.25. The number of benzene rings is 3. The molecule has 27 heavy (non-hydrogen) atoms. The van der Waals surface area contributed by atoms with E-state index in [0.717, 1.165) is 27.0 Å². The molecule has 0 fully saturated rings. The summed E-state index contributed by atoms with van der Waals surface area (Å²) < 4.78 is 6.96. The van der Waals surface area contributed by atoms with Gasteiger partial charge in [0, 0.05) is 22.3 Å². The summed E-state index contributed by atoms with van der Waals surface area (Å²) in [5, 5.41) is 5.39. The lowest BCUT2D eigenvalue weighted by Gasteiger charge is -2.14. The number of ether oxygens (including phenoxy) is 1. The molecule has 0 aliphatic carbocycles. The first-order chi connectivity index (χ1) is 12.9. The van der Waals surface area contributed by atoms with Gasteiger partial charge in [-0.25, -0.2) is 0 Å². The summed E-state index contributed by atoms with van der Waals surface area (Å²) >= 11 is 27.6. The Morgan fingerprint density at radius 3 is 2.19 bits per heavy atom. The van der Waals surface area contributed by atoms with Crippen molar-refractivity contribution in [1.29, 1.82) is 0 Å². The van der Waals surface area contributed by atoms with E-state index in [1.165, 1.54) is 0 Å². The predicted molar refractivity (Wildman–Crippen MR) is 119 cm³/mol. The van der Waals surface area contributed by atoms with Crippen LogP contribution in [0.15, 0.2) is 59.1 Å². The quantitative estimate of drug-likeness (QED) is 0.364. The van der Waals surface area contributed by atoms with E-state index in [0.29, 0.717) is 33.2 Å². The lowest BCUT2D eigenvalue weighted by Crippen LogP contribution is -2.04. The average Bonchev–Trinajstić information content (AvgIpc) is 2.64. The van der Waals surface area contributed by atoms with Crippen LogP contribution in [0.4, 0.5) is 5.69 Å². The van der Waals surface area contributed by atoms with E-state index < -0.39 is 0 Å². The van der Waals surface area contributed by atoms with Gasteiger partial charge in [-0.1, -0.05) is 68.4 Å².